The summed E-state index contributed by atoms with van der Waals surface area (Å²) >= 11 is 0. The van der Waals surface area contributed by atoms with Gasteiger partial charge >= 0.3 is 0 Å². The monoisotopic (exact) mass is 226 g/mol. The molecule has 1 aromatic rings. The van der Waals surface area contributed by atoms with Gasteiger partial charge in [-0.25, -0.2) is 0 Å². The topological polar surface area (TPSA) is 104 Å². The van der Waals surface area contributed by atoms with E-state index in [1.807, 2.05) is 0 Å². The van der Waals surface area contributed by atoms with Crippen molar-refractivity contribution in [2.45, 2.75) is 6.10 Å². The number of rotatable bonds is 4. The van der Waals surface area contributed by atoms with Crippen LogP contribution in [0.3, 0.4) is 0 Å². The van der Waals surface area contributed by atoms with E-state index in [9.17, 15) is 19.8 Å². The Hall–Kier alpha value is -2.08. The molecule has 0 aromatic heterocycles. The molecule has 0 aliphatic heterocycles. The van der Waals surface area contributed by atoms with Crippen molar-refractivity contribution in [3.8, 4) is 17.2 Å². The van der Waals surface area contributed by atoms with Gasteiger partial charge in [-0.1, -0.05) is 0 Å². The largest absolute Gasteiger partial charge is 0.504 e. The number of ether oxygens (including phenoxy) is 1. The number of aliphatic hydroxyl groups is 1. The highest BCUT2D eigenvalue weighted by molar-refractivity contribution is 6.07. The number of phenols is 2. The van der Waals surface area contributed by atoms with Crippen LogP contribution in [-0.4, -0.2) is 40.6 Å². The van der Waals surface area contributed by atoms with E-state index >= 15 is 0 Å². The summed E-state index contributed by atoms with van der Waals surface area (Å²) in [5, 5.41) is 27.5. The summed E-state index contributed by atoms with van der Waals surface area (Å²) in [5.74, 6) is -2.09. The third-order valence-corrected chi connectivity index (χ3v) is 1.96. The van der Waals surface area contributed by atoms with E-state index in [0.717, 1.165) is 12.1 Å². The minimum absolute atomic E-state index is 0.0682. The van der Waals surface area contributed by atoms with Gasteiger partial charge in [0.25, 0.3) is 0 Å². The summed E-state index contributed by atoms with van der Waals surface area (Å²) in [6, 6.07) is 2.05. The molecule has 3 N–H and O–H groups in total. The molecule has 0 bridgehead atoms. The van der Waals surface area contributed by atoms with E-state index in [-0.39, 0.29) is 17.6 Å². The average Bonchev–Trinajstić information content (AvgIpc) is 2.30. The van der Waals surface area contributed by atoms with Crippen LogP contribution in [-0.2, 0) is 4.79 Å². The number of Topliss-reactive ketones (excluding diaryl/α,β-unsaturated/α-hetero) is 1. The van der Waals surface area contributed by atoms with Crippen LogP contribution in [0.5, 0.6) is 17.2 Å². The van der Waals surface area contributed by atoms with Gasteiger partial charge in [-0.15, -0.1) is 0 Å². The Bertz CT molecular complexity index is 426. The van der Waals surface area contributed by atoms with Gasteiger partial charge in [0.15, 0.2) is 29.7 Å². The van der Waals surface area contributed by atoms with Crippen LogP contribution in [0.1, 0.15) is 10.4 Å². The van der Waals surface area contributed by atoms with E-state index in [1.165, 1.54) is 7.11 Å². The summed E-state index contributed by atoms with van der Waals surface area (Å²) in [6.45, 7) is 0. The lowest BCUT2D eigenvalue weighted by Gasteiger charge is -2.08. The zero-order valence-electron chi connectivity index (χ0n) is 8.38. The fourth-order valence-electron chi connectivity index (χ4n) is 1.12. The van der Waals surface area contributed by atoms with Gasteiger partial charge in [0, 0.05) is 5.56 Å². The van der Waals surface area contributed by atoms with Gasteiger partial charge in [-0.3, -0.25) is 9.59 Å². The first kappa shape index (κ1) is 12.0. The summed E-state index contributed by atoms with van der Waals surface area (Å²) in [5.41, 5.74) is -0.133. The van der Waals surface area contributed by atoms with Crippen molar-refractivity contribution in [1.29, 1.82) is 0 Å². The minimum Gasteiger partial charge on any atom is -0.504 e. The van der Waals surface area contributed by atoms with Crippen molar-refractivity contribution in [2.75, 3.05) is 7.11 Å². The van der Waals surface area contributed by atoms with Gasteiger partial charge in [0.05, 0.1) is 7.11 Å². The fraction of sp³-hybridized carbons (Fsp3) is 0.200. The molecule has 1 aromatic carbocycles. The number of benzene rings is 1. The highest BCUT2D eigenvalue weighted by atomic mass is 16.5. The standard InChI is InChI=1S/C10H10O6/c1-16-8-3-5(2-6(12)10(8)15)9(14)7(13)4-11/h2-4,7,12-13,15H,1H3. The van der Waals surface area contributed by atoms with E-state index in [4.69, 9.17) is 9.84 Å². The lowest BCUT2D eigenvalue weighted by Crippen LogP contribution is -2.21. The molecule has 86 valence electrons. The highest BCUT2D eigenvalue weighted by Crippen LogP contribution is 2.36. The molecule has 16 heavy (non-hydrogen) atoms. The molecule has 1 unspecified atom stereocenters. The quantitative estimate of drug-likeness (QED) is 0.285. The second-order valence-electron chi connectivity index (χ2n) is 2.99. The molecule has 0 saturated carbocycles. The molecule has 0 aliphatic rings. The highest BCUT2D eigenvalue weighted by Gasteiger charge is 2.20. The Kier molecular flexibility index (Phi) is 3.47. The zero-order chi connectivity index (χ0) is 12.3. The first-order valence-corrected chi connectivity index (χ1v) is 4.28. The molecule has 0 saturated heterocycles. The van der Waals surface area contributed by atoms with Crippen LogP contribution in [0.4, 0.5) is 0 Å². The molecule has 0 aliphatic carbocycles. The minimum atomic E-state index is -1.80. The SMILES string of the molecule is COc1cc(C(=O)C(O)C=O)cc(O)c1O. The van der Waals surface area contributed by atoms with Gasteiger partial charge in [0.1, 0.15) is 0 Å². The molecule has 0 fully saturated rings. The first-order chi connectivity index (χ1) is 7.51. The van der Waals surface area contributed by atoms with E-state index < -0.39 is 23.4 Å². The molecule has 1 rings (SSSR count). The van der Waals surface area contributed by atoms with Gasteiger partial charge in [-0.2, -0.15) is 0 Å². The van der Waals surface area contributed by atoms with Crippen molar-refractivity contribution in [1.82, 2.24) is 0 Å². The average molecular weight is 226 g/mol. The Morgan fingerprint density at radius 3 is 2.56 bits per heavy atom. The number of carbonyl (C=O) groups is 2. The molecule has 0 amide bonds. The fourth-order valence-corrected chi connectivity index (χ4v) is 1.12. The maximum Gasteiger partial charge on any atom is 0.200 e. The predicted molar refractivity (Wildman–Crippen MR) is 52.7 cm³/mol. The van der Waals surface area contributed by atoms with E-state index in [1.54, 1.807) is 0 Å². The lowest BCUT2D eigenvalue weighted by molar-refractivity contribution is -0.112. The number of hydrogen-bond donors (Lipinski definition) is 3. The summed E-state index contributed by atoms with van der Waals surface area (Å²) in [6.07, 6.45) is -1.73. The van der Waals surface area contributed by atoms with E-state index in [2.05, 4.69) is 0 Å². The van der Waals surface area contributed by atoms with Gasteiger partial charge < -0.3 is 20.1 Å². The maximum atomic E-state index is 11.4. The number of aromatic hydroxyl groups is 2. The number of ketones is 1. The Labute approximate surface area is 90.7 Å². The van der Waals surface area contributed by atoms with Gasteiger partial charge in [0.2, 0.25) is 5.75 Å². The lowest BCUT2D eigenvalue weighted by atomic mass is 10.1. The zero-order valence-corrected chi connectivity index (χ0v) is 8.38. The third kappa shape index (κ3) is 2.12. The summed E-state index contributed by atoms with van der Waals surface area (Å²) in [7, 11) is 1.24. The van der Waals surface area contributed by atoms with Crippen molar-refractivity contribution in [3.05, 3.63) is 17.7 Å². The number of aliphatic hydroxyl groups excluding tert-OH is 1. The van der Waals surface area contributed by atoms with Crippen molar-refractivity contribution >= 4 is 12.1 Å². The number of carbonyl (C=O) groups excluding carboxylic acids is 2. The van der Waals surface area contributed by atoms with Crippen LogP contribution < -0.4 is 4.74 Å². The second kappa shape index (κ2) is 4.63. The third-order valence-electron chi connectivity index (χ3n) is 1.96. The van der Waals surface area contributed by atoms with Crippen LogP contribution in [0.25, 0.3) is 0 Å². The molecule has 6 nitrogen and oxygen atoms in total. The predicted octanol–water partition coefficient (Wildman–Crippen LogP) is -0.151. The Morgan fingerprint density at radius 2 is 2.06 bits per heavy atom. The Morgan fingerprint density at radius 1 is 1.44 bits per heavy atom. The molecule has 0 radical (unpaired) electrons. The Balaban J connectivity index is 3.21. The van der Waals surface area contributed by atoms with Crippen LogP contribution in [0.15, 0.2) is 12.1 Å². The van der Waals surface area contributed by atoms with Crippen molar-refractivity contribution in [2.24, 2.45) is 0 Å². The van der Waals surface area contributed by atoms with Gasteiger partial charge in [-0.05, 0) is 12.1 Å². The first-order valence-electron chi connectivity index (χ1n) is 4.28. The maximum absolute atomic E-state index is 11.4. The molecule has 6 heteroatoms. The summed E-state index contributed by atoms with van der Waals surface area (Å²) < 4.78 is 4.70. The molecule has 1 atom stereocenters. The smallest absolute Gasteiger partial charge is 0.200 e. The number of aldehydes is 1. The van der Waals surface area contributed by atoms with Crippen molar-refractivity contribution < 1.29 is 29.6 Å². The van der Waals surface area contributed by atoms with Crippen LogP contribution in [0.2, 0.25) is 0 Å². The molecular formula is C10H10O6. The number of phenolic OH excluding ortho intramolecular Hbond substituents is 2. The number of hydrogen-bond acceptors (Lipinski definition) is 6. The number of methoxy groups -OCH3 is 1. The van der Waals surface area contributed by atoms with Crippen LogP contribution >= 0.6 is 0 Å². The van der Waals surface area contributed by atoms with E-state index in [0.29, 0.717) is 0 Å². The van der Waals surface area contributed by atoms with Crippen LogP contribution in [0, 0.1) is 0 Å². The molecule has 0 heterocycles. The van der Waals surface area contributed by atoms with Crippen molar-refractivity contribution in [3.63, 3.8) is 0 Å². The normalized spacial score (nSPS) is 11.9. The molecular weight excluding hydrogens is 216 g/mol. The second-order valence-corrected chi connectivity index (χ2v) is 2.99. The summed E-state index contributed by atoms with van der Waals surface area (Å²) in [4.78, 5) is 21.6. The molecule has 0 spiro atoms.